The van der Waals surface area contributed by atoms with Gasteiger partial charge in [-0.25, -0.2) is 8.42 Å². The van der Waals surface area contributed by atoms with E-state index in [2.05, 4.69) is 15.9 Å². The Hall–Kier alpha value is -0.390. The first-order valence-electron chi connectivity index (χ1n) is 6.00. The summed E-state index contributed by atoms with van der Waals surface area (Å²) in [6, 6.07) is 7.55. The molecule has 1 atom stereocenters. The van der Waals surface area contributed by atoms with E-state index in [1.165, 1.54) is 0 Å². The van der Waals surface area contributed by atoms with Crippen LogP contribution in [0.2, 0.25) is 0 Å². The first-order valence-corrected chi connectivity index (χ1v) is 8.61. The second-order valence-electron chi connectivity index (χ2n) is 5.08. The molecule has 1 N–H and O–H groups in total. The van der Waals surface area contributed by atoms with Crippen molar-refractivity contribution in [1.82, 2.24) is 0 Å². The van der Waals surface area contributed by atoms with Gasteiger partial charge < -0.3 is 5.11 Å². The second-order valence-corrected chi connectivity index (χ2v) is 8.30. The summed E-state index contributed by atoms with van der Waals surface area (Å²) in [6.07, 6.45) is 1.07. The highest BCUT2D eigenvalue weighted by atomic mass is 79.9. The number of halogens is 1. The maximum atomic E-state index is 11.4. The third-order valence-electron chi connectivity index (χ3n) is 3.78. The highest BCUT2D eigenvalue weighted by molar-refractivity contribution is 9.10. The van der Waals surface area contributed by atoms with Crippen molar-refractivity contribution in [3.63, 3.8) is 0 Å². The van der Waals surface area contributed by atoms with E-state index < -0.39 is 15.4 Å². The molecular formula is C13H17BrO3S. The number of benzene rings is 1. The molecule has 18 heavy (non-hydrogen) atoms. The third kappa shape index (κ3) is 2.95. The smallest absolute Gasteiger partial charge is 0.150 e. The molecule has 1 aromatic rings. The summed E-state index contributed by atoms with van der Waals surface area (Å²) in [6.45, 7) is 1.78. The van der Waals surface area contributed by atoms with E-state index in [9.17, 15) is 13.5 Å². The Morgan fingerprint density at radius 1 is 1.22 bits per heavy atom. The number of rotatable bonds is 2. The van der Waals surface area contributed by atoms with E-state index >= 15 is 0 Å². The third-order valence-corrected chi connectivity index (χ3v) is 6.02. The fourth-order valence-corrected chi connectivity index (χ4v) is 4.23. The summed E-state index contributed by atoms with van der Waals surface area (Å²) in [5.74, 6) is 0.372. The Kier molecular flexibility index (Phi) is 3.85. The molecular weight excluding hydrogens is 316 g/mol. The number of hydrogen-bond donors (Lipinski definition) is 1. The van der Waals surface area contributed by atoms with Crippen molar-refractivity contribution in [3.05, 3.63) is 34.3 Å². The molecule has 0 aromatic heterocycles. The van der Waals surface area contributed by atoms with Crippen LogP contribution in [0.1, 0.15) is 25.3 Å². The number of hydrogen-bond acceptors (Lipinski definition) is 3. The zero-order chi connectivity index (χ0) is 13.4. The molecule has 1 saturated heterocycles. The van der Waals surface area contributed by atoms with Gasteiger partial charge in [-0.2, -0.15) is 0 Å². The second kappa shape index (κ2) is 4.94. The number of aliphatic hydroxyl groups is 1. The summed E-state index contributed by atoms with van der Waals surface area (Å²) < 4.78 is 23.8. The van der Waals surface area contributed by atoms with Crippen molar-refractivity contribution in [2.75, 3.05) is 11.5 Å². The van der Waals surface area contributed by atoms with Gasteiger partial charge in [0.1, 0.15) is 9.84 Å². The lowest BCUT2D eigenvalue weighted by molar-refractivity contribution is -0.0102. The molecule has 0 spiro atoms. The Morgan fingerprint density at radius 3 is 2.22 bits per heavy atom. The van der Waals surface area contributed by atoms with Crippen LogP contribution in [0.5, 0.6) is 0 Å². The molecule has 5 heteroatoms. The Morgan fingerprint density at radius 2 is 1.72 bits per heavy atom. The van der Waals surface area contributed by atoms with E-state index in [0.717, 1.165) is 10.0 Å². The maximum absolute atomic E-state index is 11.4. The zero-order valence-electron chi connectivity index (χ0n) is 10.3. The van der Waals surface area contributed by atoms with Crippen LogP contribution in [-0.4, -0.2) is 25.0 Å². The maximum Gasteiger partial charge on any atom is 0.150 e. The first-order chi connectivity index (χ1) is 8.31. The van der Waals surface area contributed by atoms with Crippen molar-refractivity contribution < 1.29 is 13.5 Å². The highest BCUT2D eigenvalue weighted by Gasteiger charge is 2.37. The van der Waals surface area contributed by atoms with E-state index in [-0.39, 0.29) is 17.4 Å². The van der Waals surface area contributed by atoms with E-state index in [0.29, 0.717) is 12.8 Å². The summed E-state index contributed by atoms with van der Waals surface area (Å²) in [5.41, 5.74) is -0.119. The van der Waals surface area contributed by atoms with Crippen molar-refractivity contribution in [1.29, 1.82) is 0 Å². The van der Waals surface area contributed by atoms with Gasteiger partial charge in [0.2, 0.25) is 0 Å². The van der Waals surface area contributed by atoms with Gasteiger partial charge in [0, 0.05) is 4.47 Å². The predicted octanol–water partition coefficient (Wildman–Crippen LogP) is 2.48. The lowest BCUT2D eigenvalue weighted by atomic mass is 9.79. The van der Waals surface area contributed by atoms with Gasteiger partial charge >= 0.3 is 0 Å². The fraction of sp³-hybridized carbons (Fsp3) is 0.538. The average Bonchev–Trinajstić information content (AvgIpc) is 2.29. The van der Waals surface area contributed by atoms with Crippen LogP contribution in [-0.2, 0) is 15.4 Å². The standard InChI is InChI=1S/C13H17BrO3S/c1-13(15,10-2-4-12(14)5-3-10)11-6-8-18(16,17)9-7-11/h2-5,11,15H,6-9H2,1H3. The van der Waals surface area contributed by atoms with Crippen LogP contribution in [0.15, 0.2) is 28.7 Å². The van der Waals surface area contributed by atoms with Gasteiger partial charge in [-0.3, -0.25) is 0 Å². The van der Waals surface area contributed by atoms with Crippen LogP contribution in [0, 0.1) is 5.92 Å². The van der Waals surface area contributed by atoms with Gasteiger partial charge in [-0.15, -0.1) is 0 Å². The summed E-state index contributed by atoms with van der Waals surface area (Å²) in [5, 5.41) is 10.7. The van der Waals surface area contributed by atoms with E-state index in [1.807, 2.05) is 24.3 Å². The van der Waals surface area contributed by atoms with Crippen molar-refractivity contribution in [2.45, 2.75) is 25.4 Å². The lowest BCUT2D eigenvalue weighted by Gasteiger charge is -2.35. The largest absolute Gasteiger partial charge is 0.385 e. The van der Waals surface area contributed by atoms with Gasteiger partial charge in [-0.05, 0) is 43.4 Å². The van der Waals surface area contributed by atoms with Gasteiger partial charge in [0.15, 0.2) is 0 Å². The fourth-order valence-electron chi connectivity index (χ4n) is 2.48. The van der Waals surface area contributed by atoms with Crippen LogP contribution in [0.3, 0.4) is 0 Å². The number of sulfone groups is 1. The average molecular weight is 333 g/mol. The molecule has 100 valence electrons. The molecule has 3 nitrogen and oxygen atoms in total. The lowest BCUT2D eigenvalue weighted by Crippen LogP contribution is -2.37. The molecule has 2 rings (SSSR count). The minimum Gasteiger partial charge on any atom is -0.385 e. The zero-order valence-corrected chi connectivity index (χ0v) is 12.7. The molecule has 1 aliphatic rings. The highest BCUT2D eigenvalue weighted by Crippen LogP contribution is 2.37. The Labute approximate surface area is 116 Å². The van der Waals surface area contributed by atoms with Crippen LogP contribution in [0.4, 0.5) is 0 Å². The molecule has 0 bridgehead atoms. The summed E-state index contributed by atoms with van der Waals surface area (Å²) in [7, 11) is -2.88. The molecule has 1 fully saturated rings. The monoisotopic (exact) mass is 332 g/mol. The van der Waals surface area contributed by atoms with Crippen molar-refractivity contribution in [2.24, 2.45) is 5.92 Å². The minimum absolute atomic E-state index is 0.00204. The molecule has 0 radical (unpaired) electrons. The summed E-state index contributed by atoms with van der Waals surface area (Å²) >= 11 is 3.36. The Bertz CT molecular complexity index is 506. The normalized spacial score (nSPS) is 23.5. The SMILES string of the molecule is CC(O)(c1ccc(Br)cc1)C1CCS(=O)(=O)CC1. The van der Waals surface area contributed by atoms with Crippen molar-refractivity contribution in [3.8, 4) is 0 Å². The molecule has 0 aliphatic carbocycles. The summed E-state index contributed by atoms with van der Waals surface area (Å²) in [4.78, 5) is 0. The minimum atomic E-state index is -2.88. The van der Waals surface area contributed by atoms with Gasteiger partial charge in [0.25, 0.3) is 0 Å². The van der Waals surface area contributed by atoms with Crippen LogP contribution >= 0.6 is 15.9 Å². The topological polar surface area (TPSA) is 54.4 Å². The van der Waals surface area contributed by atoms with Crippen LogP contribution in [0.25, 0.3) is 0 Å². The molecule has 1 aromatic carbocycles. The van der Waals surface area contributed by atoms with E-state index in [1.54, 1.807) is 6.92 Å². The molecule has 0 amide bonds. The molecule has 1 heterocycles. The first kappa shape index (κ1) is 14.0. The van der Waals surface area contributed by atoms with Crippen molar-refractivity contribution >= 4 is 25.8 Å². The molecule has 1 aliphatic heterocycles. The molecule has 0 saturated carbocycles. The van der Waals surface area contributed by atoms with Gasteiger partial charge in [0.05, 0.1) is 17.1 Å². The van der Waals surface area contributed by atoms with Crippen LogP contribution < -0.4 is 0 Å². The van der Waals surface area contributed by atoms with E-state index in [4.69, 9.17) is 0 Å². The Balaban J connectivity index is 2.19. The predicted molar refractivity (Wildman–Crippen MR) is 75.1 cm³/mol. The quantitative estimate of drug-likeness (QED) is 0.905. The molecule has 1 unspecified atom stereocenters. The van der Waals surface area contributed by atoms with Gasteiger partial charge in [-0.1, -0.05) is 28.1 Å².